The van der Waals surface area contributed by atoms with Gasteiger partial charge in [-0.3, -0.25) is 14.5 Å². The molecule has 3 rings (SSSR count). The van der Waals surface area contributed by atoms with E-state index >= 15 is 0 Å². The van der Waals surface area contributed by atoms with E-state index in [4.69, 9.17) is 4.74 Å². The highest BCUT2D eigenvalue weighted by atomic mass is 16.5. The summed E-state index contributed by atoms with van der Waals surface area (Å²) in [6.45, 7) is 0. The molecule has 1 heterocycles. The van der Waals surface area contributed by atoms with Crippen molar-refractivity contribution >= 4 is 11.8 Å². The Bertz CT molecular complexity index is 569. The number of hydrogen-bond donors (Lipinski definition) is 1. The highest BCUT2D eigenvalue weighted by Gasteiger charge is 2.44. The van der Waals surface area contributed by atoms with E-state index in [9.17, 15) is 14.7 Å². The molecule has 5 nitrogen and oxygen atoms in total. The van der Waals surface area contributed by atoms with Gasteiger partial charge in [0.15, 0.2) is 0 Å². The number of hydrogen-bond acceptors (Lipinski definition) is 4. The molecule has 0 spiro atoms. The van der Waals surface area contributed by atoms with Crippen molar-refractivity contribution < 1.29 is 19.4 Å². The zero-order valence-corrected chi connectivity index (χ0v) is 12.7. The summed E-state index contributed by atoms with van der Waals surface area (Å²) in [6.07, 6.45) is 3.01. The van der Waals surface area contributed by atoms with Crippen LogP contribution in [0.3, 0.4) is 0 Å². The Morgan fingerprint density at radius 1 is 1.23 bits per heavy atom. The standard InChI is InChI=1S/C17H21NO4/c1-22-12-7-5-11(6-8-12)17(21)18-14-3-2-4-15(19)13(14)9-10-16(18)20/h5-8,13-15,19H,2-4,9-10H2,1H3. The highest BCUT2D eigenvalue weighted by Crippen LogP contribution is 2.36. The van der Waals surface area contributed by atoms with Crippen molar-refractivity contribution in [1.82, 2.24) is 4.90 Å². The molecule has 0 aromatic heterocycles. The number of aliphatic hydroxyl groups excluding tert-OH is 1. The number of rotatable bonds is 2. The van der Waals surface area contributed by atoms with E-state index in [1.807, 2.05) is 0 Å². The maximum Gasteiger partial charge on any atom is 0.260 e. The van der Waals surface area contributed by atoms with Crippen molar-refractivity contribution in [2.45, 2.75) is 44.2 Å². The molecular formula is C17H21NO4. The Hall–Kier alpha value is -1.88. The van der Waals surface area contributed by atoms with Crippen LogP contribution < -0.4 is 4.74 Å². The van der Waals surface area contributed by atoms with Crippen LogP contribution in [-0.2, 0) is 4.79 Å². The average molecular weight is 303 g/mol. The number of fused-ring (bicyclic) bond motifs is 1. The molecule has 2 amide bonds. The number of carbonyl (C=O) groups excluding carboxylic acids is 2. The topological polar surface area (TPSA) is 66.8 Å². The molecule has 3 atom stereocenters. The first-order chi connectivity index (χ1) is 10.6. The van der Waals surface area contributed by atoms with Crippen molar-refractivity contribution in [3.8, 4) is 5.75 Å². The number of imide groups is 1. The second-order valence-corrected chi connectivity index (χ2v) is 6.07. The molecule has 118 valence electrons. The Morgan fingerprint density at radius 2 is 1.95 bits per heavy atom. The zero-order chi connectivity index (χ0) is 15.7. The Balaban J connectivity index is 1.86. The molecular weight excluding hydrogens is 282 g/mol. The van der Waals surface area contributed by atoms with Gasteiger partial charge in [0, 0.05) is 23.9 Å². The SMILES string of the molecule is COc1ccc(C(=O)N2C(=O)CCC3C(O)CCCC32)cc1. The van der Waals surface area contributed by atoms with Gasteiger partial charge in [0.2, 0.25) is 5.91 Å². The Kier molecular flexibility index (Phi) is 4.16. The minimum atomic E-state index is -0.405. The molecule has 22 heavy (non-hydrogen) atoms. The summed E-state index contributed by atoms with van der Waals surface area (Å²) < 4.78 is 5.09. The van der Waals surface area contributed by atoms with Crippen molar-refractivity contribution in [3.63, 3.8) is 0 Å². The summed E-state index contributed by atoms with van der Waals surface area (Å²) in [6, 6.07) is 6.62. The predicted octanol–water partition coefficient (Wildman–Crippen LogP) is 1.99. The van der Waals surface area contributed by atoms with E-state index in [1.165, 1.54) is 4.90 Å². The molecule has 0 radical (unpaired) electrons. The van der Waals surface area contributed by atoms with Gasteiger partial charge in [-0.25, -0.2) is 0 Å². The fourth-order valence-corrected chi connectivity index (χ4v) is 3.66. The second-order valence-electron chi connectivity index (χ2n) is 6.07. The smallest absolute Gasteiger partial charge is 0.260 e. The number of benzene rings is 1. The molecule has 1 saturated heterocycles. The maximum atomic E-state index is 12.8. The lowest BCUT2D eigenvalue weighted by Crippen LogP contribution is -2.55. The van der Waals surface area contributed by atoms with E-state index in [-0.39, 0.29) is 23.8 Å². The van der Waals surface area contributed by atoms with Crippen molar-refractivity contribution in [2.24, 2.45) is 5.92 Å². The number of piperidine rings is 1. The van der Waals surface area contributed by atoms with Crippen LogP contribution in [0.2, 0.25) is 0 Å². The van der Waals surface area contributed by atoms with Crippen molar-refractivity contribution in [1.29, 1.82) is 0 Å². The monoisotopic (exact) mass is 303 g/mol. The van der Waals surface area contributed by atoms with E-state index in [1.54, 1.807) is 31.4 Å². The van der Waals surface area contributed by atoms with E-state index < -0.39 is 6.10 Å². The average Bonchev–Trinajstić information content (AvgIpc) is 2.54. The molecule has 1 saturated carbocycles. The first-order valence-corrected chi connectivity index (χ1v) is 7.80. The number of carbonyl (C=O) groups is 2. The quantitative estimate of drug-likeness (QED) is 0.849. The van der Waals surface area contributed by atoms with Gasteiger partial charge in [0.1, 0.15) is 5.75 Å². The summed E-state index contributed by atoms with van der Waals surface area (Å²) in [5, 5.41) is 10.2. The minimum absolute atomic E-state index is 0.0219. The van der Waals surface area contributed by atoms with Gasteiger partial charge in [0.05, 0.1) is 13.2 Å². The second kappa shape index (κ2) is 6.08. The molecule has 1 aromatic rings. The summed E-state index contributed by atoms with van der Waals surface area (Å²) in [5.74, 6) is 0.300. The van der Waals surface area contributed by atoms with Gasteiger partial charge < -0.3 is 9.84 Å². The Labute approximate surface area is 129 Å². The van der Waals surface area contributed by atoms with E-state index in [0.717, 1.165) is 19.3 Å². The largest absolute Gasteiger partial charge is 0.497 e. The first-order valence-electron chi connectivity index (χ1n) is 7.80. The van der Waals surface area contributed by atoms with Crippen LogP contribution in [-0.4, -0.2) is 41.1 Å². The summed E-state index contributed by atoms with van der Waals surface area (Å²) in [5.41, 5.74) is 0.481. The lowest BCUT2D eigenvalue weighted by Gasteiger charge is -2.44. The van der Waals surface area contributed by atoms with Crippen LogP contribution in [0, 0.1) is 5.92 Å². The van der Waals surface area contributed by atoms with Crippen LogP contribution >= 0.6 is 0 Å². The lowest BCUT2D eigenvalue weighted by atomic mass is 9.76. The molecule has 3 unspecified atom stereocenters. The Morgan fingerprint density at radius 3 is 2.64 bits per heavy atom. The summed E-state index contributed by atoms with van der Waals surface area (Å²) in [4.78, 5) is 26.4. The van der Waals surface area contributed by atoms with Gasteiger partial charge >= 0.3 is 0 Å². The number of nitrogens with zero attached hydrogens (tertiary/aromatic N) is 1. The number of aliphatic hydroxyl groups is 1. The molecule has 5 heteroatoms. The van der Waals surface area contributed by atoms with Crippen LogP contribution in [0.1, 0.15) is 42.5 Å². The predicted molar refractivity (Wildman–Crippen MR) is 80.5 cm³/mol. The molecule has 2 fully saturated rings. The molecule has 2 aliphatic rings. The zero-order valence-electron chi connectivity index (χ0n) is 12.7. The summed E-state index contributed by atoms with van der Waals surface area (Å²) >= 11 is 0. The fourth-order valence-electron chi connectivity index (χ4n) is 3.66. The first kappa shape index (κ1) is 15.0. The van der Waals surface area contributed by atoms with Crippen LogP contribution in [0.25, 0.3) is 0 Å². The van der Waals surface area contributed by atoms with Gasteiger partial charge in [0.25, 0.3) is 5.91 Å². The third kappa shape index (κ3) is 2.61. The van der Waals surface area contributed by atoms with Crippen molar-refractivity contribution in [3.05, 3.63) is 29.8 Å². The number of likely N-dealkylation sites (tertiary alicyclic amines) is 1. The lowest BCUT2D eigenvalue weighted by molar-refractivity contribution is -0.138. The minimum Gasteiger partial charge on any atom is -0.497 e. The van der Waals surface area contributed by atoms with E-state index in [0.29, 0.717) is 24.2 Å². The van der Waals surface area contributed by atoms with Gasteiger partial charge in [-0.1, -0.05) is 0 Å². The third-order valence-corrected chi connectivity index (χ3v) is 4.84. The molecule has 1 N–H and O–H groups in total. The number of methoxy groups -OCH3 is 1. The summed E-state index contributed by atoms with van der Waals surface area (Å²) in [7, 11) is 1.57. The number of ether oxygens (including phenoxy) is 1. The van der Waals surface area contributed by atoms with Crippen molar-refractivity contribution in [2.75, 3.05) is 7.11 Å². The van der Waals surface area contributed by atoms with Gasteiger partial charge in [-0.15, -0.1) is 0 Å². The highest BCUT2D eigenvalue weighted by molar-refractivity contribution is 6.05. The molecule has 1 aliphatic carbocycles. The van der Waals surface area contributed by atoms with Crippen LogP contribution in [0.4, 0.5) is 0 Å². The molecule has 1 aromatic carbocycles. The maximum absolute atomic E-state index is 12.8. The normalized spacial score (nSPS) is 28.2. The van der Waals surface area contributed by atoms with E-state index in [2.05, 4.69) is 0 Å². The number of amides is 2. The van der Waals surface area contributed by atoms with Gasteiger partial charge in [-0.2, -0.15) is 0 Å². The fraction of sp³-hybridized carbons (Fsp3) is 0.529. The van der Waals surface area contributed by atoms with Gasteiger partial charge in [-0.05, 0) is 49.9 Å². The third-order valence-electron chi connectivity index (χ3n) is 4.84. The molecule has 0 bridgehead atoms. The molecule has 1 aliphatic heterocycles. The van der Waals surface area contributed by atoms with Crippen LogP contribution in [0.5, 0.6) is 5.75 Å². The van der Waals surface area contributed by atoms with Crippen LogP contribution in [0.15, 0.2) is 24.3 Å².